The molecule has 1 unspecified atom stereocenters. The molecule has 1 saturated carbocycles. The lowest BCUT2D eigenvalue weighted by molar-refractivity contribution is 0.224. The molecule has 0 bridgehead atoms. The maximum absolute atomic E-state index is 3.72. The summed E-state index contributed by atoms with van der Waals surface area (Å²) in [6.45, 7) is 10.9. The van der Waals surface area contributed by atoms with E-state index in [1.807, 2.05) is 0 Å². The van der Waals surface area contributed by atoms with Crippen LogP contribution in [0.3, 0.4) is 0 Å². The zero-order valence-electron chi connectivity index (χ0n) is 15.3. The first kappa shape index (κ1) is 16.8. The molecule has 3 rings (SSSR count). The molecule has 2 heteroatoms. The fourth-order valence-electron chi connectivity index (χ4n) is 4.30. The predicted molar refractivity (Wildman–Crippen MR) is 100 cm³/mol. The quantitative estimate of drug-likeness (QED) is 0.797. The van der Waals surface area contributed by atoms with Gasteiger partial charge in [0.05, 0.1) is 0 Å². The maximum atomic E-state index is 3.72. The molecule has 2 fully saturated rings. The lowest BCUT2D eigenvalue weighted by Crippen LogP contribution is -2.32. The van der Waals surface area contributed by atoms with Crippen molar-refractivity contribution in [2.75, 3.05) is 25.0 Å². The number of hydrogen-bond donors (Lipinski definition) is 1. The maximum Gasteiger partial charge on any atom is 0.0360 e. The van der Waals surface area contributed by atoms with Crippen molar-refractivity contribution in [1.82, 2.24) is 4.90 Å². The summed E-state index contributed by atoms with van der Waals surface area (Å²) in [5.74, 6) is 0.763. The molecule has 1 aromatic rings. The Labute approximate surface area is 142 Å². The number of rotatable bonds is 5. The van der Waals surface area contributed by atoms with E-state index in [4.69, 9.17) is 0 Å². The molecule has 23 heavy (non-hydrogen) atoms. The summed E-state index contributed by atoms with van der Waals surface area (Å²) in [6.07, 6.45) is 8.17. The highest BCUT2D eigenvalue weighted by atomic mass is 15.2. The molecule has 1 aromatic carbocycles. The zero-order valence-corrected chi connectivity index (χ0v) is 15.3. The second kappa shape index (κ2) is 7.25. The Morgan fingerprint density at radius 3 is 2.57 bits per heavy atom. The van der Waals surface area contributed by atoms with E-state index in [0.717, 1.165) is 5.92 Å². The lowest BCUT2D eigenvalue weighted by atomic mass is 9.71. The van der Waals surface area contributed by atoms with E-state index in [-0.39, 0.29) is 0 Å². The number of likely N-dealkylation sites (tertiary alicyclic amines) is 1. The highest BCUT2D eigenvalue weighted by Crippen LogP contribution is 2.42. The van der Waals surface area contributed by atoms with E-state index < -0.39 is 0 Å². The molecule has 2 nitrogen and oxygen atoms in total. The minimum Gasteiger partial charge on any atom is -0.381 e. The summed E-state index contributed by atoms with van der Waals surface area (Å²) in [7, 11) is 0. The van der Waals surface area contributed by atoms with Crippen LogP contribution in [0.2, 0.25) is 0 Å². The third-order valence-corrected chi connectivity index (χ3v) is 5.84. The van der Waals surface area contributed by atoms with Crippen LogP contribution in [-0.2, 0) is 0 Å². The van der Waals surface area contributed by atoms with Crippen LogP contribution in [0.15, 0.2) is 24.3 Å². The van der Waals surface area contributed by atoms with E-state index in [1.165, 1.54) is 63.8 Å². The van der Waals surface area contributed by atoms with Gasteiger partial charge in [0.15, 0.2) is 0 Å². The Bertz CT molecular complexity index is 492. The Morgan fingerprint density at radius 2 is 1.87 bits per heavy atom. The number of benzene rings is 1. The minimum atomic E-state index is 0.522. The van der Waals surface area contributed by atoms with Gasteiger partial charge < -0.3 is 10.2 Å². The summed E-state index contributed by atoms with van der Waals surface area (Å²) in [5.41, 5.74) is 3.40. The molecule has 1 aliphatic heterocycles. The van der Waals surface area contributed by atoms with Gasteiger partial charge in [-0.25, -0.2) is 0 Å². The van der Waals surface area contributed by atoms with Crippen LogP contribution < -0.4 is 5.32 Å². The van der Waals surface area contributed by atoms with Crippen LogP contribution in [0.5, 0.6) is 0 Å². The van der Waals surface area contributed by atoms with Crippen molar-refractivity contribution < 1.29 is 0 Å². The van der Waals surface area contributed by atoms with E-state index in [1.54, 1.807) is 5.56 Å². The van der Waals surface area contributed by atoms with Crippen LogP contribution >= 0.6 is 0 Å². The van der Waals surface area contributed by atoms with Crippen molar-refractivity contribution in [3.63, 3.8) is 0 Å². The number of nitrogens with zero attached hydrogens (tertiary/aromatic N) is 1. The Kier molecular flexibility index (Phi) is 5.31. The van der Waals surface area contributed by atoms with E-state index >= 15 is 0 Å². The van der Waals surface area contributed by atoms with Crippen molar-refractivity contribution in [2.24, 2.45) is 5.41 Å². The first-order valence-corrected chi connectivity index (χ1v) is 9.61. The van der Waals surface area contributed by atoms with Gasteiger partial charge >= 0.3 is 0 Å². The molecule has 0 aromatic heterocycles. The molecule has 0 spiro atoms. The molecule has 2 aliphatic rings. The molecule has 1 atom stereocenters. The van der Waals surface area contributed by atoms with Gasteiger partial charge in [0.2, 0.25) is 0 Å². The van der Waals surface area contributed by atoms with E-state index in [9.17, 15) is 0 Å². The predicted octanol–water partition coefficient (Wildman–Crippen LogP) is 5.27. The molecular weight excluding hydrogens is 280 g/mol. The fraction of sp³-hybridized carbons (Fsp3) is 0.714. The fourth-order valence-corrected chi connectivity index (χ4v) is 4.30. The summed E-state index contributed by atoms with van der Waals surface area (Å²) in [5, 5.41) is 3.72. The molecular formula is C21H34N2. The van der Waals surface area contributed by atoms with Gasteiger partial charge in [0, 0.05) is 18.3 Å². The average Bonchev–Trinajstić information content (AvgIpc) is 3.00. The van der Waals surface area contributed by atoms with Crippen LogP contribution in [-0.4, -0.2) is 30.6 Å². The molecule has 1 saturated heterocycles. The van der Waals surface area contributed by atoms with Crippen molar-refractivity contribution >= 4 is 5.69 Å². The first-order valence-electron chi connectivity index (χ1n) is 9.61. The van der Waals surface area contributed by atoms with E-state index in [2.05, 4.69) is 55.3 Å². The van der Waals surface area contributed by atoms with Crippen molar-refractivity contribution in [3.8, 4) is 0 Å². The third-order valence-electron chi connectivity index (χ3n) is 5.84. The Balaban J connectivity index is 1.56. The van der Waals surface area contributed by atoms with Gasteiger partial charge in [-0.05, 0) is 87.6 Å². The van der Waals surface area contributed by atoms with Crippen molar-refractivity contribution in [3.05, 3.63) is 29.8 Å². The van der Waals surface area contributed by atoms with Gasteiger partial charge in [0.25, 0.3) is 0 Å². The highest BCUT2D eigenvalue weighted by molar-refractivity contribution is 5.47. The van der Waals surface area contributed by atoms with Gasteiger partial charge in [-0.15, -0.1) is 0 Å². The van der Waals surface area contributed by atoms with Crippen LogP contribution in [0.1, 0.15) is 70.8 Å². The Hall–Kier alpha value is -1.02. The van der Waals surface area contributed by atoms with Crippen molar-refractivity contribution in [2.45, 2.75) is 71.3 Å². The second-order valence-electron chi connectivity index (χ2n) is 8.62. The molecule has 1 heterocycles. The normalized spacial score (nSPS) is 23.8. The van der Waals surface area contributed by atoms with Gasteiger partial charge in [-0.2, -0.15) is 0 Å². The molecule has 0 amide bonds. The van der Waals surface area contributed by atoms with Crippen LogP contribution in [0.4, 0.5) is 5.69 Å². The lowest BCUT2D eigenvalue weighted by Gasteiger charge is -2.34. The topological polar surface area (TPSA) is 15.3 Å². The monoisotopic (exact) mass is 314 g/mol. The molecule has 1 N–H and O–H groups in total. The molecule has 1 aliphatic carbocycles. The molecule has 0 radical (unpaired) electrons. The number of hydrogen-bond acceptors (Lipinski definition) is 2. The SMILES string of the molecule is CC(CN1CCCC1)Nc1cccc(C2CCC(C)(C)CC2)c1. The summed E-state index contributed by atoms with van der Waals surface area (Å²) in [4.78, 5) is 2.59. The highest BCUT2D eigenvalue weighted by Gasteiger charge is 2.27. The summed E-state index contributed by atoms with van der Waals surface area (Å²) < 4.78 is 0. The standard InChI is InChI=1S/C21H34N2/c1-17(16-23-13-4-5-14-23)22-20-8-6-7-19(15-20)18-9-11-21(2,3)12-10-18/h6-8,15,17-18,22H,4-5,9-14,16H2,1-3H3. The molecule has 128 valence electrons. The third kappa shape index (κ3) is 4.73. The summed E-state index contributed by atoms with van der Waals surface area (Å²) >= 11 is 0. The van der Waals surface area contributed by atoms with Gasteiger partial charge in [0.1, 0.15) is 0 Å². The largest absolute Gasteiger partial charge is 0.381 e. The van der Waals surface area contributed by atoms with Crippen LogP contribution in [0.25, 0.3) is 0 Å². The number of anilines is 1. The second-order valence-corrected chi connectivity index (χ2v) is 8.62. The smallest absolute Gasteiger partial charge is 0.0360 e. The van der Waals surface area contributed by atoms with Gasteiger partial charge in [-0.1, -0.05) is 26.0 Å². The van der Waals surface area contributed by atoms with Gasteiger partial charge in [-0.3, -0.25) is 0 Å². The average molecular weight is 315 g/mol. The first-order chi connectivity index (χ1) is 11.0. The van der Waals surface area contributed by atoms with E-state index in [0.29, 0.717) is 11.5 Å². The van der Waals surface area contributed by atoms with Crippen LogP contribution in [0, 0.1) is 5.41 Å². The summed E-state index contributed by atoms with van der Waals surface area (Å²) in [6, 6.07) is 9.73. The number of nitrogens with one attached hydrogen (secondary N) is 1. The minimum absolute atomic E-state index is 0.522. The Morgan fingerprint density at radius 1 is 1.17 bits per heavy atom. The van der Waals surface area contributed by atoms with Crippen molar-refractivity contribution in [1.29, 1.82) is 0 Å². The zero-order chi connectivity index (χ0) is 16.3.